The topological polar surface area (TPSA) is 30.7 Å². The molecule has 2 aromatic rings. The molecule has 0 aliphatic rings. The summed E-state index contributed by atoms with van der Waals surface area (Å²) in [5.74, 6) is 0. The van der Waals surface area contributed by atoms with Crippen molar-refractivity contribution in [3.05, 3.63) is 36.0 Å². The first-order valence-corrected chi connectivity index (χ1v) is 4.59. The number of hydrogen-bond donors (Lipinski definition) is 0. The van der Waals surface area contributed by atoms with Gasteiger partial charge in [0.2, 0.25) is 0 Å². The van der Waals surface area contributed by atoms with Gasteiger partial charge in [-0.1, -0.05) is 0 Å². The Balaban J connectivity index is 2.52. The Bertz CT molecular complexity index is 457. The zero-order valence-electron chi connectivity index (χ0n) is 8.65. The zero-order valence-corrected chi connectivity index (χ0v) is 8.65. The molecule has 0 aliphatic carbocycles. The number of imidazole rings is 1. The Labute approximate surface area is 83.4 Å². The van der Waals surface area contributed by atoms with Crippen LogP contribution in [0.1, 0.15) is 11.4 Å². The highest BCUT2D eigenvalue weighted by molar-refractivity contribution is 5.60. The first-order chi connectivity index (χ1) is 6.66. The molecule has 0 saturated heterocycles. The lowest BCUT2D eigenvalue weighted by atomic mass is 10.1. The van der Waals surface area contributed by atoms with Crippen molar-refractivity contribution in [1.82, 2.24) is 14.5 Å². The number of aryl methyl sites for hydroxylation is 3. The van der Waals surface area contributed by atoms with Crippen LogP contribution in [0.25, 0.3) is 11.3 Å². The maximum atomic E-state index is 4.41. The molecule has 0 amide bonds. The average Bonchev–Trinajstić information content (AvgIpc) is 2.51. The molecule has 2 heterocycles. The van der Waals surface area contributed by atoms with E-state index < -0.39 is 0 Å². The van der Waals surface area contributed by atoms with Crippen molar-refractivity contribution < 1.29 is 0 Å². The standard InChI is InChI=1S/C11H13N3/c1-8-4-5-10(9(2)13-8)11-6-14(3)7-12-11/h4-7H,1-3H3. The second-order valence-electron chi connectivity index (χ2n) is 3.51. The van der Waals surface area contributed by atoms with E-state index in [9.17, 15) is 0 Å². The Morgan fingerprint density at radius 3 is 2.57 bits per heavy atom. The minimum absolute atomic E-state index is 0.984. The van der Waals surface area contributed by atoms with E-state index in [0.29, 0.717) is 0 Å². The molecular formula is C11H13N3. The van der Waals surface area contributed by atoms with Gasteiger partial charge in [-0.3, -0.25) is 4.98 Å². The first kappa shape index (κ1) is 8.94. The van der Waals surface area contributed by atoms with Crippen LogP contribution >= 0.6 is 0 Å². The van der Waals surface area contributed by atoms with Crippen molar-refractivity contribution in [1.29, 1.82) is 0 Å². The van der Waals surface area contributed by atoms with Gasteiger partial charge in [-0.05, 0) is 26.0 Å². The number of pyridine rings is 1. The van der Waals surface area contributed by atoms with Gasteiger partial charge in [0.1, 0.15) is 0 Å². The largest absolute Gasteiger partial charge is 0.340 e. The molecule has 0 radical (unpaired) electrons. The fourth-order valence-corrected chi connectivity index (χ4v) is 1.51. The molecule has 14 heavy (non-hydrogen) atoms. The van der Waals surface area contributed by atoms with E-state index in [-0.39, 0.29) is 0 Å². The van der Waals surface area contributed by atoms with Crippen molar-refractivity contribution in [3.63, 3.8) is 0 Å². The highest BCUT2D eigenvalue weighted by atomic mass is 15.0. The van der Waals surface area contributed by atoms with E-state index in [4.69, 9.17) is 0 Å². The highest BCUT2D eigenvalue weighted by Crippen LogP contribution is 2.19. The summed E-state index contributed by atoms with van der Waals surface area (Å²) in [5.41, 5.74) is 4.17. The summed E-state index contributed by atoms with van der Waals surface area (Å²) in [7, 11) is 1.97. The van der Waals surface area contributed by atoms with Gasteiger partial charge in [0.25, 0.3) is 0 Å². The number of aromatic nitrogens is 3. The fraction of sp³-hybridized carbons (Fsp3) is 0.273. The Kier molecular flexibility index (Phi) is 2.08. The third-order valence-corrected chi connectivity index (χ3v) is 2.21. The maximum absolute atomic E-state index is 4.41. The van der Waals surface area contributed by atoms with Crippen LogP contribution in [0.15, 0.2) is 24.7 Å². The second kappa shape index (κ2) is 3.25. The van der Waals surface area contributed by atoms with Gasteiger partial charge in [-0.2, -0.15) is 0 Å². The molecule has 0 aromatic carbocycles. The van der Waals surface area contributed by atoms with E-state index >= 15 is 0 Å². The van der Waals surface area contributed by atoms with Crippen molar-refractivity contribution in [2.45, 2.75) is 13.8 Å². The predicted octanol–water partition coefficient (Wildman–Crippen LogP) is 2.10. The number of nitrogens with zero attached hydrogens (tertiary/aromatic N) is 3. The monoisotopic (exact) mass is 187 g/mol. The minimum atomic E-state index is 0.984. The van der Waals surface area contributed by atoms with Crippen LogP contribution in [0, 0.1) is 13.8 Å². The minimum Gasteiger partial charge on any atom is -0.340 e. The van der Waals surface area contributed by atoms with Crippen LogP contribution in [-0.4, -0.2) is 14.5 Å². The predicted molar refractivity (Wildman–Crippen MR) is 55.9 cm³/mol. The Morgan fingerprint density at radius 1 is 1.21 bits per heavy atom. The average molecular weight is 187 g/mol. The summed E-state index contributed by atoms with van der Waals surface area (Å²) in [6.07, 6.45) is 3.80. The smallest absolute Gasteiger partial charge is 0.0951 e. The number of rotatable bonds is 1. The highest BCUT2D eigenvalue weighted by Gasteiger charge is 2.05. The maximum Gasteiger partial charge on any atom is 0.0951 e. The van der Waals surface area contributed by atoms with Crippen molar-refractivity contribution in [2.75, 3.05) is 0 Å². The van der Waals surface area contributed by atoms with Gasteiger partial charge >= 0.3 is 0 Å². The molecule has 3 heteroatoms. The summed E-state index contributed by atoms with van der Waals surface area (Å²) >= 11 is 0. The quantitative estimate of drug-likeness (QED) is 0.684. The molecule has 0 unspecified atom stereocenters. The zero-order chi connectivity index (χ0) is 10.1. The fourth-order valence-electron chi connectivity index (χ4n) is 1.51. The lowest BCUT2D eigenvalue weighted by molar-refractivity contribution is 0.913. The van der Waals surface area contributed by atoms with E-state index in [1.807, 2.05) is 37.7 Å². The van der Waals surface area contributed by atoms with Crippen molar-refractivity contribution in [2.24, 2.45) is 7.05 Å². The molecule has 0 bridgehead atoms. The third-order valence-electron chi connectivity index (χ3n) is 2.21. The Morgan fingerprint density at radius 2 is 2.00 bits per heavy atom. The summed E-state index contributed by atoms with van der Waals surface area (Å²) in [5, 5.41) is 0. The van der Waals surface area contributed by atoms with Gasteiger partial charge in [0.15, 0.2) is 0 Å². The second-order valence-corrected chi connectivity index (χ2v) is 3.51. The van der Waals surface area contributed by atoms with Crippen LogP contribution in [0.5, 0.6) is 0 Å². The van der Waals surface area contributed by atoms with Crippen molar-refractivity contribution >= 4 is 0 Å². The van der Waals surface area contributed by atoms with Crippen LogP contribution in [0.2, 0.25) is 0 Å². The molecule has 0 spiro atoms. The molecular weight excluding hydrogens is 174 g/mol. The lowest BCUT2D eigenvalue weighted by Crippen LogP contribution is -1.90. The molecule has 0 saturated carbocycles. The van der Waals surface area contributed by atoms with Gasteiger partial charge in [-0.15, -0.1) is 0 Å². The molecule has 3 nitrogen and oxygen atoms in total. The van der Waals surface area contributed by atoms with Crippen LogP contribution in [0.3, 0.4) is 0 Å². The van der Waals surface area contributed by atoms with Gasteiger partial charge in [0, 0.05) is 30.2 Å². The molecule has 2 aromatic heterocycles. The molecule has 0 fully saturated rings. The summed E-state index contributed by atoms with van der Waals surface area (Å²) in [6.45, 7) is 4.01. The van der Waals surface area contributed by atoms with Crippen LogP contribution < -0.4 is 0 Å². The molecule has 72 valence electrons. The van der Waals surface area contributed by atoms with E-state index in [1.54, 1.807) is 6.33 Å². The summed E-state index contributed by atoms with van der Waals surface area (Å²) < 4.78 is 1.94. The van der Waals surface area contributed by atoms with E-state index in [0.717, 1.165) is 22.6 Å². The van der Waals surface area contributed by atoms with Crippen LogP contribution in [0.4, 0.5) is 0 Å². The van der Waals surface area contributed by atoms with Crippen LogP contribution in [-0.2, 0) is 7.05 Å². The number of hydrogen-bond acceptors (Lipinski definition) is 2. The van der Waals surface area contributed by atoms with Gasteiger partial charge in [-0.25, -0.2) is 4.98 Å². The third kappa shape index (κ3) is 1.53. The molecule has 0 atom stereocenters. The summed E-state index contributed by atoms with van der Waals surface area (Å²) in [4.78, 5) is 8.71. The molecule has 2 rings (SSSR count). The molecule has 0 N–H and O–H groups in total. The first-order valence-electron chi connectivity index (χ1n) is 4.59. The van der Waals surface area contributed by atoms with Gasteiger partial charge < -0.3 is 4.57 Å². The van der Waals surface area contributed by atoms with Gasteiger partial charge in [0.05, 0.1) is 12.0 Å². The molecule has 0 aliphatic heterocycles. The Hall–Kier alpha value is -1.64. The van der Waals surface area contributed by atoms with E-state index in [2.05, 4.69) is 16.0 Å². The normalized spacial score (nSPS) is 10.5. The summed E-state index contributed by atoms with van der Waals surface area (Å²) in [6, 6.07) is 4.08. The lowest BCUT2D eigenvalue weighted by Gasteiger charge is -2.02. The van der Waals surface area contributed by atoms with E-state index in [1.165, 1.54) is 0 Å². The van der Waals surface area contributed by atoms with Crippen molar-refractivity contribution in [3.8, 4) is 11.3 Å². The SMILES string of the molecule is Cc1ccc(-c2cn(C)cn2)c(C)n1.